The van der Waals surface area contributed by atoms with Crippen LogP contribution in [-0.4, -0.2) is 63.5 Å². The van der Waals surface area contributed by atoms with Crippen molar-refractivity contribution in [3.05, 3.63) is 65.2 Å². The zero-order chi connectivity index (χ0) is 27.8. The molecule has 1 saturated heterocycles. The number of carbonyl (C=O) groups excluding carboxylic acids is 3. The van der Waals surface area contributed by atoms with Crippen molar-refractivity contribution in [1.82, 2.24) is 15.5 Å². The molecule has 0 spiro atoms. The third-order valence-electron chi connectivity index (χ3n) is 7.07. The first-order chi connectivity index (χ1) is 18.2. The molecule has 204 valence electrons. The van der Waals surface area contributed by atoms with Crippen molar-refractivity contribution in [3.63, 3.8) is 0 Å². The zero-order valence-electron chi connectivity index (χ0n) is 21.7. The number of nitrogens with two attached hydrogens (primary N) is 1. The van der Waals surface area contributed by atoms with Crippen molar-refractivity contribution in [2.24, 2.45) is 11.7 Å². The van der Waals surface area contributed by atoms with Gasteiger partial charge in [0.15, 0.2) is 0 Å². The summed E-state index contributed by atoms with van der Waals surface area (Å²) in [4.78, 5) is 53.4. The normalized spacial score (nSPS) is 17.3. The van der Waals surface area contributed by atoms with E-state index in [1.165, 1.54) is 17.0 Å². The van der Waals surface area contributed by atoms with Gasteiger partial charge in [-0.2, -0.15) is 0 Å². The van der Waals surface area contributed by atoms with Crippen LogP contribution < -0.4 is 16.4 Å². The maximum Gasteiger partial charge on any atom is 0.326 e. The number of nitrogens with one attached hydrogen (secondary N) is 2. The van der Waals surface area contributed by atoms with E-state index in [-0.39, 0.29) is 30.5 Å². The highest BCUT2D eigenvalue weighted by molar-refractivity contribution is 6.00. The number of aliphatic carboxylic acids is 1. The Labute approximate surface area is 222 Å². The number of likely N-dealkylation sites (tertiary alicyclic amines) is 1. The quantitative estimate of drug-likeness (QED) is 0.299. The fraction of sp³-hybridized carbons (Fsp3) is 0.429. The number of carboxylic acids is 1. The summed E-state index contributed by atoms with van der Waals surface area (Å²) in [7, 11) is 0. The molecule has 4 atom stereocenters. The molecule has 2 aromatic rings. The van der Waals surface area contributed by atoms with Crippen LogP contribution in [0.3, 0.4) is 0 Å². The molecule has 6 N–H and O–H groups in total. The Hall–Kier alpha value is -3.92. The number of carboxylic acid groups (broad SMARTS) is 1. The molecule has 0 radical (unpaired) electrons. The molecular weight excluding hydrogens is 488 g/mol. The van der Waals surface area contributed by atoms with Gasteiger partial charge < -0.3 is 31.5 Å². The largest absolute Gasteiger partial charge is 0.508 e. The molecule has 38 heavy (non-hydrogen) atoms. The fourth-order valence-corrected chi connectivity index (χ4v) is 4.63. The second kappa shape index (κ2) is 13.0. The Balaban J connectivity index is 1.82. The van der Waals surface area contributed by atoms with Gasteiger partial charge in [-0.15, -0.1) is 0 Å². The first kappa shape index (κ1) is 28.6. The lowest BCUT2D eigenvalue weighted by Gasteiger charge is -2.28. The summed E-state index contributed by atoms with van der Waals surface area (Å²) in [5.74, 6) is -2.86. The number of amides is 3. The molecule has 1 aliphatic rings. The van der Waals surface area contributed by atoms with Crippen molar-refractivity contribution in [2.45, 2.75) is 64.2 Å². The van der Waals surface area contributed by atoms with Crippen molar-refractivity contribution in [2.75, 3.05) is 6.54 Å². The third kappa shape index (κ3) is 6.89. The predicted molar refractivity (Wildman–Crippen MR) is 141 cm³/mol. The van der Waals surface area contributed by atoms with Crippen LogP contribution >= 0.6 is 0 Å². The highest BCUT2D eigenvalue weighted by Crippen LogP contribution is 2.22. The van der Waals surface area contributed by atoms with E-state index >= 15 is 0 Å². The number of phenols is 1. The number of aromatic hydroxyl groups is 1. The van der Waals surface area contributed by atoms with E-state index in [1.807, 2.05) is 6.92 Å². The summed E-state index contributed by atoms with van der Waals surface area (Å²) < 4.78 is 0. The van der Waals surface area contributed by atoms with Crippen LogP contribution in [0.2, 0.25) is 0 Å². The molecule has 10 heteroatoms. The molecule has 2 aromatic carbocycles. The van der Waals surface area contributed by atoms with Crippen LogP contribution in [-0.2, 0) is 27.3 Å². The second-order valence-electron chi connectivity index (χ2n) is 9.66. The van der Waals surface area contributed by atoms with Crippen LogP contribution in [0.4, 0.5) is 0 Å². The first-order valence-electron chi connectivity index (χ1n) is 12.9. The van der Waals surface area contributed by atoms with E-state index in [9.17, 15) is 29.4 Å². The van der Waals surface area contributed by atoms with E-state index in [2.05, 4.69) is 10.6 Å². The fourth-order valence-electron chi connectivity index (χ4n) is 4.63. The van der Waals surface area contributed by atoms with Gasteiger partial charge in [0.1, 0.15) is 23.9 Å². The summed E-state index contributed by atoms with van der Waals surface area (Å²) in [5, 5.41) is 24.6. The molecule has 0 aliphatic carbocycles. The molecule has 0 aromatic heterocycles. The number of carbonyl (C=O) groups is 4. The highest BCUT2D eigenvalue weighted by Gasteiger charge is 2.37. The maximum absolute atomic E-state index is 13.4. The molecule has 10 nitrogen and oxygen atoms in total. The van der Waals surface area contributed by atoms with Crippen LogP contribution in [0.25, 0.3) is 0 Å². The van der Waals surface area contributed by atoms with Crippen LogP contribution in [0.5, 0.6) is 5.75 Å². The lowest BCUT2D eigenvalue weighted by atomic mass is 9.98. The zero-order valence-corrected chi connectivity index (χ0v) is 21.7. The van der Waals surface area contributed by atoms with Crippen molar-refractivity contribution >= 4 is 23.7 Å². The molecule has 0 bridgehead atoms. The van der Waals surface area contributed by atoms with Crippen LogP contribution in [0.1, 0.15) is 54.6 Å². The minimum Gasteiger partial charge on any atom is -0.508 e. The third-order valence-corrected chi connectivity index (χ3v) is 7.07. The Morgan fingerprint density at radius 2 is 1.76 bits per heavy atom. The van der Waals surface area contributed by atoms with Crippen LogP contribution in [0, 0.1) is 5.92 Å². The number of nitrogens with zero attached hydrogens (tertiary/aromatic N) is 1. The first-order valence-corrected chi connectivity index (χ1v) is 12.9. The summed E-state index contributed by atoms with van der Waals surface area (Å²) >= 11 is 0. The predicted octanol–water partition coefficient (Wildman–Crippen LogP) is 1.80. The van der Waals surface area contributed by atoms with Gasteiger partial charge in [-0.25, -0.2) is 4.79 Å². The number of rotatable bonds is 11. The summed E-state index contributed by atoms with van der Waals surface area (Å²) in [5.41, 5.74) is 7.58. The monoisotopic (exact) mass is 524 g/mol. The van der Waals surface area contributed by atoms with Gasteiger partial charge >= 0.3 is 5.97 Å². The SMILES string of the molecule is CC[C@H](C)[C@H](NC(=O)[C@H](Cc1ccc(O)cc1)NC(=O)[C@@H]1CCCN1C(=O)c1ccccc1CN)C(=O)O. The minimum absolute atomic E-state index is 0.0550. The lowest BCUT2D eigenvalue weighted by molar-refractivity contribution is -0.143. The highest BCUT2D eigenvalue weighted by atomic mass is 16.4. The molecule has 0 saturated carbocycles. The number of benzene rings is 2. The average molecular weight is 525 g/mol. The number of hydrogen-bond acceptors (Lipinski definition) is 6. The van der Waals surface area contributed by atoms with Crippen molar-refractivity contribution in [1.29, 1.82) is 0 Å². The molecule has 1 aliphatic heterocycles. The molecule has 3 rings (SSSR count). The Morgan fingerprint density at radius 3 is 2.39 bits per heavy atom. The molecule has 0 unspecified atom stereocenters. The Kier molecular flexibility index (Phi) is 9.84. The van der Waals surface area contributed by atoms with E-state index in [0.717, 1.165) is 0 Å². The molecular formula is C28H36N4O6. The van der Waals surface area contributed by atoms with E-state index < -0.39 is 35.9 Å². The molecule has 1 heterocycles. The van der Waals surface area contributed by atoms with Crippen LogP contribution in [0.15, 0.2) is 48.5 Å². The van der Waals surface area contributed by atoms with Gasteiger partial charge in [-0.3, -0.25) is 14.4 Å². The van der Waals surface area contributed by atoms with Crippen molar-refractivity contribution in [3.8, 4) is 5.75 Å². The molecule has 3 amide bonds. The Bertz CT molecular complexity index is 1150. The summed E-state index contributed by atoms with van der Waals surface area (Å²) in [6.45, 7) is 4.13. The van der Waals surface area contributed by atoms with E-state index in [4.69, 9.17) is 5.73 Å². The van der Waals surface area contributed by atoms with E-state index in [0.29, 0.717) is 42.5 Å². The van der Waals surface area contributed by atoms with Gasteiger partial charge in [0, 0.05) is 25.1 Å². The maximum atomic E-state index is 13.4. The van der Waals surface area contributed by atoms with Gasteiger partial charge in [0.25, 0.3) is 5.91 Å². The van der Waals surface area contributed by atoms with E-state index in [1.54, 1.807) is 43.3 Å². The minimum atomic E-state index is -1.16. The standard InChI is InChI=1S/C28H36N4O6/c1-3-17(2)24(28(37)38)31-25(34)22(15-18-10-12-20(33)13-11-18)30-26(35)23-9-6-14-32(23)27(36)21-8-5-4-7-19(21)16-29/h4-5,7-8,10-13,17,22-24,33H,3,6,9,14-16,29H2,1-2H3,(H,30,35)(H,31,34)(H,37,38)/t17-,22-,23-,24-/m0/s1. The summed E-state index contributed by atoms with van der Waals surface area (Å²) in [6.07, 6.45) is 1.66. The number of hydrogen-bond donors (Lipinski definition) is 5. The van der Waals surface area contributed by atoms with Gasteiger partial charge in [0.05, 0.1) is 0 Å². The number of phenolic OH excluding ortho intramolecular Hbond substituents is 1. The summed E-state index contributed by atoms with van der Waals surface area (Å²) in [6, 6.07) is 10.2. The second-order valence-corrected chi connectivity index (χ2v) is 9.66. The molecule has 1 fully saturated rings. The van der Waals surface area contributed by atoms with Crippen molar-refractivity contribution < 1.29 is 29.4 Å². The van der Waals surface area contributed by atoms with Gasteiger partial charge in [-0.1, -0.05) is 50.6 Å². The van der Waals surface area contributed by atoms with Gasteiger partial charge in [-0.05, 0) is 48.1 Å². The topological polar surface area (TPSA) is 162 Å². The average Bonchev–Trinajstić information content (AvgIpc) is 3.41. The van der Waals surface area contributed by atoms with Gasteiger partial charge in [0.2, 0.25) is 11.8 Å². The lowest BCUT2D eigenvalue weighted by Crippen LogP contribution is -2.57. The smallest absolute Gasteiger partial charge is 0.326 e. The Morgan fingerprint density at radius 1 is 1.08 bits per heavy atom.